The van der Waals surface area contributed by atoms with E-state index < -0.39 is 0 Å². The van der Waals surface area contributed by atoms with Crippen LogP contribution in [-0.4, -0.2) is 38.1 Å². The first-order chi connectivity index (χ1) is 5.63. The molecule has 3 atom stereocenters. The van der Waals surface area contributed by atoms with Crippen molar-refractivity contribution in [1.82, 2.24) is 10.2 Å². The number of hydrogen-bond acceptors (Lipinski definition) is 2. The molecule has 0 saturated heterocycles. The summed E-state index contributed by atoms with van der Waals surface area (Å²) in [7, 11) is 6.46. The summed E-state index contributed by atoms with van der Waals surface area (Å²) < 4.78 is 0. The first-order valence-electron chi connectivity index (χ1n) is 4.97. The topological polar surface area (TPSA) is 15.3 Å². The zero-order valence-corrected chi connectivity index (χ0v) is 8.80. The normalized spacial score (nSPS) is 37.2. The van der Waals surface area contributed by atoms with Crippen LogP contribution in [0.3, 0.4) is 0 Å². The van der Waals surface area contributed by atoms with Crippen molar-refractivity contribution in [2.45, 2.75) is 38.3 Å². The molecule has 0 aromatic rings. The Morgan fingerprint density at radius 2 is 1.83 bits per heavy atom. The van der Waals surface area contributed by atoms with Crippen LogP contribution >= 0.6 is 0 Å². The Balaban J connectivity index is 2.45. The van der Waals surface area contributed by atoms with Crippen molar-refractivity contribution >= 4 is 0 Å². The van der Waals surface area contributed by atoms with E-state index in [0.717, 1.165) is 18.0 Å². The van der Waals surface area contributed by atoms with Crippen LogP contribution in [0.4, 0.5) is 0 Å². The van der Waals surface area contributed by atoms with Gasteiger partial charge in [-0.15, -0.1) is 0 Å². The molecular weight excluding hydrogens is 148 g/mol. The Kier molecular flexibility index (Phi) is 3.53. The first-order valence-corrected chi connectivity index (χ1v) is 4.97. The maximum Gasteiger partial charge on any atom is 0.0106 e. The maximum atomic E-state index is 3.39. The molecule has 1 N–H and O–H groups in total. The highest BCUT2D eigenvalue weighted by Gasteiger charge is 2.26. The van der Waals surface area contributed by atoms with Crippen molar-refractivity contribution in [1.29, 1.82) is 0 Å². The van der Waals surface area contributed by atoms with E-state index in [2.05, 4.69) is 38.3 Å². The lowest BCUT2D eigenvalue weighted by atomic mass is 9.83. The summed E-state index contributed by atoms with van der Waals surface area (Å²) in [6.07, 6.45) is 4.03. The van der Waals surface area contributed by atoms with E-state index in [4.69, 9.17) is 0 Å². The molecular formula is C10H22N2. The minimum Gasteiger partial charge on any atom is -0.317 e. The molecule has 0 aromatic heterocycles. The Hall–Kier alpha value is -0.0800. The highest BCUT2D eigenvalue weighted by molar-refractivity contribution is 4.84. The van der Waals surface area contributed by atoms with Gasteiger partial charge in [-0.05, 0) is 46.3 Å². The molecule has 0 amide bonds. The van der Waals surface area contributed by atoms with Crippen molar-refractivity contribution in [2.24, 2.45) is 5.92 Å². The summed E-state index contributed by atoms with van der Waals surface area (Å²) in [4.78, 5) is 2.36. The van der Waals surface area contributed by atoms with Crippen LogP contribution in [0, 0.1) is 5.92 Å². The van der Waals surface area contributed by atoms with Crippen LogP contribution in [0.25, 0.3) is 0 Å². The van der Waals surface area contributed by atoms with Gasteiger partial charge in [0.2, 0.25) is 0 Å². The van der Waals surface area contributed by atoms with Crippen LogP contribution in [-0.2, 0) is 0 Å². The van der Waals surface area contributed by atoms with Crippen molar-refractivity contribution in [3.63, 3.8) is 0 Å². The van der Waals surface area contributed by atoms with Crippen molar-refractivity contribution in [3.05, 3.63) is 0 Å². The van der Waals surface area contributed by atoms with E-state index in [0.29, 0.717) is 0 Å². The molecule has 1 rings (SSSR count). The highest BCUT2D eigenvalue weighted by Crippen LogP contribution is 2.26. The van der Waals surface area contributed by atoms with Crippen LogP contribution in [0.1, 0.15) is 26.2 Å². The van der Waals surface area contributed by atoms with E-state index in [1.165, 1.54) is 19.3 Å². The Bertz CT molecular complexity index is 134. The molecule has 0 heterocycles. The quantitative estimate of drug-likeness (QED) is 0.672. The average Bonchev–Trinajstić information content (AvgIpc) is 2.03. The van der Waals surface area contributed by atoms with E-state index in [1.807, 2.05) is 0 Å². The van der Waals surface area contributed by atoms with Crippen LogP contribution < -0.4 is 5.32 Å². The Labute approximate surface area is 76.3 Å². The minimum absolute atomic E-state index is 0.737. The molecule has 2 nitrogen and oxygen atoms in total. The predicted molar refractivity (Wildman–Crippen MR) is 53.3 cm³/mol. The molecule has 0 aliphatic heterocycles. The third kappa shape index (κ3) is 2.46. The zero-order chi connectivity index (χ0) is 9.14. The summed E-state index contributed by atoms with van der Waals surface area (Å²) >= 11 is 0. The third-order valence-electron chi connectivity index (χ3n) is 3.06. The van der Waals surface area contributed by atoms with Gasteiger partial charge >= 0.3 is 0 Å². The summed E-state index contributed by atoms with van der Waals surface area (Å²) in [5.41, 5.74) is 0. The second-order valence-corrected chi connectivity index (χ2v) is 4.42. The molecule has 72 valence electrons. The monoisotopic (exact) mass is 170 g/mol. The average molecular weight is 170 g/mol. The third-order valence-corrected chi connectivity index (χ3v) is 3.06. The lowest BCUT2D eigenvalue weighted by molar-refractivity contribution is 0.166. The molecule has 1 aliphatic rings. The van der Waals surface area contributed by atoms with Crippen LogP contribution in [0.2, 0.25) is 0 Å². The second kappa shape index (κ2) is 4.24. The largest absolute Gasteiger partial charge is 0.317 e. The van der Waals surface area contributed by atoms with Gasteiger partial charge in [0.25, 0.3) is 0 Å². The summed E-state index contributed by atoms with van der Waals surface area (Å²) in [6.45, 7) is 2.36. The van der Waals surface area contributed by atoms with Gasteiger partial charge in [0.1, 0.15) is 0 Å². The van der Waals surface area contributed by atoms with Crippen LogP contribution in [0.15, 0.2) is 0 Å². The van der Waals surface area contributed by atoms with Crippen molar-refractivity contribution in [3.8, 4) is 0 Å². The van der Waals surface area contributed by atoms with Gasteiger partial charge < -0.3 is 10.2 Å². The fourth-order valence-electron chi connectivity index (χ4n) is 2.22. The van der Waals surface area contributed by atoms with Gasteiger partial charge in [0.15, 0.2) is 0 Å². The highest BCUT2D eigenvalue weighted by atomic mass is 15.1. The molecule has 1 fully saturated rings. The fraction of sp³-hybridized carbons (Fsp3) is 1.00. The lowest BCUT2D eigenvalue weighted by Crippen LogP contribution is -2.42. The number of hydrogen-bond donors (Lipinski definition) is 1. The second-order valence-electron chi connectivity index (χ2n) is 4.42. The number of rotatable bonds is 2. The van der Waals surface area contributed by atoms with Gasteiger partial charge in [-0.1, -0.05) is 6.92 Å². The molecule has 0 spiro atoms. The van der Waals surface area contributed by atoms with E-state index >= 15 is 0 Å². The van der Waals surface area contributed by atoms with Gasteiger partial charge in [0.05, 0.1) is 0 Å². The minimum atomic E-state index is 0.737. The fourth-order valence-corrected chi connectivity index (χ4v) is 2.22. The zero-order valence-electron chi connectivity index (χ0n) is 8.80. The molecule has 0 aromatic carbocycles. The van der Waals surface area contributed by atoms with Gasteiger partial charge in [-0.2, -0.15) is 0 Å². The molecule has 1 saturated carbocycles. The number of nitrogens with one attached hydrogen (secondary N) is 1. The standard InChI is InChI=1S/C10H22N2/c1-8-5-9(11-2)7-10(6-8)12(3)4/h8-11H,5-7H2,1-4H3. The summed E-state index contributed by atoms with van der Waals surface area (Å²) in [5.74, 6) is 0.878. The summed E-state index contributed by atoms with van der Waals surface area (Å²) in [6, 6.07) is 1.52. The maximum absolute atomic E-state index is 3.39. The SMILES string of the molecule is CNC1CC(C)CC(N(C)C)C1. The molecule has 3 unspecified atom stereocenters. The Morgan fingerprint density at radius 1 is 1.17 bits per heavy atom. The van der Waals surface area contributed by atoms with Gasteiger partial charge in [-0.25, -0.2) is 0 Å². The van der Waals surface area contributed by atoms with Crippen LogP contribution in [0.5, 0.6) is 0 Å². The predicted octanol–water partition coefficient (Wildman–Crippen LogP) is 1.32. The van der Waals surface area contributed by atoms with Gasteiger partial charge in [0, 0.05) is 12.1 Å². The molecule has 2 heteroatoms. The first kappa shape index (κ1) is 10.0. The van der Waals surface area contributed by atoms with E-state index in [-0.39, 0.29) is 0 Å². The van der Waals surface area contributed by atoms with E-state index in [9.17, 15) is 0 Å². The number of nitrogens with zero attached hydrogens (tertiary/aromatic N) is 1. The molecule has 12 heavy (non-hydrogen) atoms. The van der Waals surface area contributed by atoms with Gasteiger partial charge in [-0.3, -0.25) is 0 Å². The molecule has 0 radical (unpaired) electrons. The molecule has 1 aliphatic carbocycles. The molecule has 0 bridgehead atoms. The van der Waals surface area contributed by atoms with Crippen molar-refractivity contribution in [2.75, 3.05) is 21.1 Å². The Morgan fingerprint density at radius 3 is 2.33 bits per heavy atom. The lowest BCUT2D eigenvalue weighted by Gasteiger charge is -2.36. The van der Waals surface area contributed by atoms with Crippen molar-refractivity contribution < 1.29 is 0 Å². The van der Waals surface area contributed by atoms with E-state index in [1.54, 1.807) is 0 Å². The summed E-state index contributed by atoms with van der Waals surface area (Å²) in [5, 5.41) is 3.39. The smallest absolute Gasteiger partial charge is 0.0106 e.